The second-order valence-corrected chi connectivity index (χ2v) is 5.93. The van der Waals surface area contributed by atoms with Gasteiger partial charge in [0.15, 0.2) is 0 Å². The number of nitrogens with one attached hydrogen (secondary N) is 1. The number of hydrogen-bond donors (Lipinski definition) is 1. The third-order valence-corrected chi connectivity index (χ3v) is 4.65. The highest BCUT2D eigenvalue weighted by molar-refractivity contribution is 5.82. The summed E-state index contributed by atoms with van der Waals surface area (Å²) in [5, 5.41) is 4.89. The van der Waals surface area contributed by atoms with Crippen molar-refractivity contribution < 1.29 is 4.42 Å². The van der Waals surface area contributed by atoms with Crippen LogP contribution in [0.4, 0.5) is 0 Å². The Balaban J connectivity index is 1.66. The molecule has 2 atom stereocenters. The molecule has 1 aliphatic carbocycles. The standard InChI is InChI=1S/C17H23NO/c1-12-6-5-7-14(12)10-18-11-16-13(2)19-17-9-4-3-8-15(16)17/h3-4,8-9,12,14,18H,5-7,10-11H2,1-2H3. The molecule has 0 spiro atoms. The molecule has 1 saturated carbocycles. The molecule has 1 aromatic heterocycles. The average molecular weight is 257 g/mol. The van der Waals surface area contributed by atoms with Gasteiger partial charge in [0.1, 0.15) is 11.3 Å². The molecule has 1 aromatic carbocycles. The molecule has 2 aromatic rings. The van der Waals surface area contributed by atoms with Gasteiger partial charge in [-0.2, -0.15) is 0 Å². The zero-order chi connectivity index (χ0) is 13.2. The van der Waals surface area contributed by atoms with E-state index >= 15 is 0 Å². The SMILES string of the molecule is Cc1oc2ccccc2c1CNCC1CCCC1C. The molecule has 1 heterocycles. The van der Waals surface area contributed by atoms with Gasteiger partial charge in [0.2, 0.25) is 0 Å². The van der Waals surface area contributed by atoms with Gasteiger partial charge in [0.05, 0.1) is 0 Å². The van der Waals surface area contributed by atoms with Gasteiger partial charge < -0.3 is 9.73 Å². The van der Waals surface area contributed by atoms with Gasteiger partial charge in [-0.1, -0.05) is 38.0 Å². The van der Waals surface area contributed by atoms with E-state index in [2.05, 4.69) is 31.3 Å². The first-order valence-corrected chi connectivity index (χ1v) is 7.43. The molecule has 0 radical (unpaired) electrons. The lowest BCUT2D eigenvalue weighted by atomic mass is 9.98. The van der Waals surface area contributed by atoms with Crippen LogP contribution in [0.2, 0.25) is 0 Å². The number of benzene rings is 1. The second kappa shape index (κ2) is 5.38. The predicted octanol–water partition coefficient (Wildman–Crippen LogP) is 4.27. The molecule has 1 aliphatic rings. The van der Waals surface area contributed by atoms with E-state index < -0.39 is 0 Å². The number of hydrogen-bond acceptors (Lipinski definition) is 2. The van der Waals surface area contributed by atoms with E-state index in [4.69, 9.17) is 4.42 Å². The summed E-state index contributed by atoms with van der Waals surface area (Å²) in [6.45, 7) is 6.51. The second-order valence-electron chi connectivity index (χ2n) is 5.93. The zero-order valence-electron chi connectivity index (χ0n) is 11.9. The summed E-state index contributed by atoms with van der Waals surface area (Å²) >= 11 is 0. The van der Waals surface area contributed by atoms with E-state index in [1.807, 2.05) is 12.1 Å². The fourth-order valence-corrected chi connectivity index (χ4v) is 3.35. The van der Waals surface area contributed by atoms with E-state index in [0.717, 1.165) is 36.3 Å². The van der Waals surface area contributed by atoms with Crippen LogP contribution in [0.5, 0.6) is 0 Å². The lowest BCUT2D eigenvalue weighted by molar-refractivity contribution is 0.391. The maximum absolute atomic E-state index is 5.80. The Kier molecular flexibility index (Phi) is 3.61. The van der Waals surface area contributed by atoms with Crippen LogP contribution < -0.4 is 5.32 Å². The summed E-state index contributed by atoms with van der Waals surface area (Å²) in [7, 11) is 0. The van der Waals surface area contributed by atoms with Crippen molar-refractivity contribution in [2.75, 3.05) is 6.54 Å². The van der Waals surface area contributed by atoms with Crippen LogP contribution in [-0.4, -0.2) is 6.54 Å². The highest BCUT2D eigenvalue weighted by Crippen LogP contribution is 2.31. The molecule has 0 bridgehead atoms. The third-order valence-electron chi connectivity index (χ3n) is 4.65. The lowest BCUT2D eigenvalue weighted by Gasteiger charge is -2.15. The maximum atomic E-state index is 5.80. The molecular weight excluding hydrogens is 234 g/mol. The van der Waals surface area contributed by atoms with E-state index in [-0.39, 0.29) is 0 Å². The zero-order valence-corrected chi connectivity index (χ0v) is 11.9. The molecule has 19 heavy (non-hydrogen) atoms. The quantitative estimate of drug-likeness (QED) is 0.885. The van der Waals surface area contributed by atoms with Crippen molar-refractivity contribution in [3.05, 3.63) is 35.6 Å². The van der Waals surface area contributed by atoms with Crippen molar-refractivity contribution in [3.8, 4) is 0 Å². The van der Waals surface area contributed by atoms with Crippen LogP contribution in [0.1, 0.15) is 37.5 Å². The molecule has 102 valence electrons. The first-order chi connectivity index (χ1) is 9.25. The third kappa shape index (κ3) is 2.55. The molecule has 2 heteroatoms. The fraction of sp³-hybridized carbons (Fsp3) is 0.529. The smallest absolute Gasteiger partial charge is 0.134 e. The number of fused-ring (bicyclic) bond motifs is 1. The average Bonchev–Trinajstić information content (AvgIpc) is 2.94. The van der Waals surface area contributed by atoms with Gasteiger partial charge in [-0.05, 0) is 37.8 Å². The van der Waals surface area contributed by atoms with Crippen molar-refractivity contribution in [1.82, 2.24) is 5.32 Å². The van der Waals surface area contributed by atoms with Gasteiger partial charge in [-0.25, -0.2) is 0 Å². The summed E-state index contributed by atoms with van der Waals surface area (Å²) in [4.78, 5) is 0. The minimum Gasteiger partial charge on any atom is -0.461 e. The molecular formula is C17H23NO. The van der Waals surface area contributed by atoms with Crippen LogP contribution in [0.3, 0.4) is 0 Å². The van der Waals surface area contributed by atoms with Gasteiger partial charge in [-0.15, -0.1) is 0 Å². The first-order valence-electron chi connectivity index (χ1n) is 7.43. The molecule has 3 rings (SSSR count). The number of para-hydroxylation sites is 1. The van der Waals surface area contributed by atoms with Crippen molar-refractivity contribution >= 4 is 11.0 Å². The topological polar surface area (TPSA) is 25.2 Å². The van der Waals surface area contributed by atoms with E-state index in [1.54, 1.807) is 0 Å². The molecule has 0 amide bonds. The Labute approximate surface area is 115 Å². The summed E-state index contributed by atoms with van der Waals surface area (Å²) in [5.74, 6) is 2.79. The normalized spacial score (nSPS) is 23.3. The predicted molar refractivity (Wildman–Crippen MR) is 79.2 cm³/mol. The summed E-state index contributed by atoms with van der Waals surface area (Å²) in [6, 6.07) is 8.31. The minimum absolute atomic E-state index is 0.860. The highest BCUT2D eigenvalue weighted by Gasteiger charge is 2.22. The van der Waals surface area contributed by atoms with Crippen molar-refractivity contribution in [2.45, 2.75) is 39.7 Å². The minimum atomic E-state index is 0.860. The summed E-state index contributed by atoms with van der Waals surface area (Å²) < 4.78 is 5.80. The van der Waals surface area contributed by atoms with Gasteiger partial charge in [-0.3, -0.25) is 0 Å². The highest BCUT2D eigenvalue weighted by atomic mass is 16.3. The first kappa shape index (κ1) is 12.7. The Morgan fingerprint density at radius 3 is 2.89 bits per heavy atom. The van der Waals surface area contributed by atoms with Crippen LogP contribution in [0, 0.1) is 18.8 Å². The van der Waals surface area contributed by atoms with Crippen LogP contribution >= 0.6 is 0 Å². The van der Waals surface area contributed by atoms with E-state index in [0.29, 0.717) is 0 Å². The van der Waals surface area contributed by atoms with E-state index in [1.165, 1.54) is 30.2 Å². The number of furan rings is 1. The molecule has 0 saturated heterocycles. The largest absolute Gasteiger partial charge is 0.461 e. The maximum Gasteiger partial charge on any atom is 0.134 e. The number of aryl methyl sites for hydroxylation is 1. The fourth-order valence-electron chi connectivity index (χ4n) is 3.35. The molecule has 1 N–H and O–H groups in total. The molecule has 2 unspecified atom stereocenters. The lowest BCUT2D eigenvalue weighted by Crippen LogP contribution is -2.24. The van der Waals surface area contributed by atoms with Crippen LogP contribution in [-0.2, 0) is 6.54 Å². The molecule has 1 fully saturated rings. The van der Waals surface area contributed by atoms with Crippen LogP contribution in [0.25, 0.3) is 11.0 Å². The summed E-state index contributed by atoms with van der Waals surface area (Å²) in [5.41, 5.74) is 2.33. The Morgan fingerprint density at radius 1 is 1.26 bits per heavy atom. The molecule has 0 aliphatic heterocycles. The Morgan fingerprint density at radius 2 is 2.11 bits per heavy atom. The van der Waals surface area contributed by atoms with Crippen LogP contribution in [0.15, 0.2) is 28.7 Å². The number of rotatable bonds is 4. The van der Waals surface area contributed by atoms with Gasteiger partial charge in [0, 0.05) is 17.5 Å². The van der Waals surface area contributed by atoms with Gasteiger partial charge >= 0.3 is 0 Å². The monoisotopic (exact) mass is 257 g/mol. The van der Waals surface area contributed by atoms with E-state index in [9.17, 15) is 0 Å². The van der Waals surface area contributed by atoms with Crippen molar-refractivity contribution in [2.24, 2.45) is 11.8 Å². The summed E-state index contributed by atoms with van der Waals surface area (Å²) in [6.07, 6.45) is 4.19. The van der Waals surface area contributed by atoms with Crippen molar-refractivity contribution in [1.29, 1.82) is 0 Å². The molecule has 2 nitrogen and oxygen atoms in total. The Hall–Kier alpha value is -1.28. The van der Waals surface area contributed by atoms with Crippen molar-refractivity contribution in [3.63, 3.8) is 0 Å². The Bertz CT molecular complexity index is 557. The van der Waals surface area contributed by atoms with Gasteiger partial charge in [0.25, 0.3) is 0 Å².